The Morgan fingerprint density at radius 1 is 1.33 bits per heavy atom. The van der Waals surface area contributed by atoms with Gasteiger partial charge in [0.05, 0.1) is 19.3 Å². The van der Waals surface area contributed by atoms with Crippen LogP contribution in [0, 0.1) is 5.92 Å². The molecule has 1 heterocycles. The molecular weight excluding hydrogens is 294 g/mol. The van der Waals surface area contributed by atoms with Crippen molar-refractivity contribution < 1.29 is 9.47 Å². The molecular formula is C14H18BrNO2. The molecule has 0 radical (unpaired) electrons. The highest BCUT2D eigenvalue weighted by Crippen LogP contribution is 2.32. The van der Waals surface area contributed by atoms with Gasteiger partial charge in [-0.15, -0.1) is 0 Å². The first-order valence-corrected chi connectivity index (χ1v) is 7.36. The lowest BCUT2D eigenvalue weighted by atomic mass is 10.1. The van der Waals surface area contributed by atoms with Crippen LogP contribution < -0.4 is 10.1 Å². The number of halogens is 1. The van der Waals surface area contributed by atoms with Gasteiger partial charge in [0.15, 0.2) is 0 Å². The van der Waals surface area contributed by atoms with Crippen LogP contribution in [0.2, 0.25) is 0 Å². The molecule has 2 fully saturated rings. The molecule has 1 saturated carbocycles. The quantitative estimate of drug-likeness (QED) is 0.927. The van der Waals surface area contributed by atoms with Crippen molar-refractivity contribution in [2.45, 2.75) is 18.9 Å². The lowest BCUT2D eigenvalue weighted by molar-refractivity contribution is 0.0275. The average Bonchev–Trinajstić information content (AvgIpc) is 3.21. The van der Waals surface area contributed by atoms with E-state index < -0.39 is 0 Å². The van der Waals surface area contributed by atoms with E-state index in [9.17, 15) is 0 Å². The summed E-state index contributed by atoms with van der Waals surface area (Å²) in [5.74, 6) is 1.72. The smallest absolute Gasteiger partial charge is 0.120 e. The standard InChI is InChI=1S/C14H18BrNO2/c15-12-5-11(14-8-16-3-4-17-14)6-13(7-12)18-9-10-1-2-10/h5-7,10,14,16H,1-4,8-9H2. The minimum atomic E-state index is 0.138. The molecule has 0 bridgehead atoms. The summed E-state index contributed by atoms with van der Waals surface area (Å²) in [6.45, 7) is 3.43. The average molecular weight is 312 g/mol. The van der Waals surface area contributed by atoms with Crippen LogP contribution in [-0.4, -0.2) is 26.3 Å². The van der Waals surface area contributed by atoms with E-state index in [-0.39, 0.29) is 6.10 Å². The first-order chi connectivity index (χ1) is 8.81. The maximum Gasteiger partial charge on any atom is 0.120 e. The highest BCUT2D eigenvalue weighted by molar-refractivity contribution is 9.10. The summed E-state index contributed by atoms with van der Waals surface area (Å²) < 4.78 is 12.7. The van der Waals surface area contributed by atoms with Gasteiger partial charge in [-0.1, -0.05) is 15.9 Å². The largest absolute Gasteiger partial charge is 0.493 e. The zero-order valence-electron chi connectivity index (χ0n) is 10.3. The maximum absolute atomic E-state index is 5.84. The molecule has 1 aromatic rings. The number of rotatable bonds is 4. The van der Waals surface area contributed by atoms with Crippen molar-refractivity contribution in [3.63, 3.8) is 0 Å². The predicted octanol–water partition coefficient (Wildman–Crippen LogP) is 2.90. The minimum Gasteiger partial charge on any atom is -0.493 e. The number of morpholine rings is 1. The molecule has 98 valence electrons. The molecule has 1 aromatic carbocycles. The first kappa shape index (κ1) is 12.5. The van der Waals surface area contributed by atoms with Gasteiger partial charge < -0.3 is 14.8 Å². The van der Waals surface area contributed by atoms with E-state index in [2.05, 4.69) is 33.4 Å². The molecule has 0 amide bonds. The monoisotopic (exact) mass is 311 g/mol. The van der Waals surface area contributed by atoms with E-state index in [1.165, 1.54) is 18.4 Å². The topological polar surface area (TPSA) is 30.5 Å². The molecule has 1 atom stereocenters. The summed E-state index contributed by atoms with van der Waals surface area (Å²) in [6.07, 6.45) is 2.77. The van der Waals surface area contributed by atoms with E-state index in [0.717, 1.165) is 42.4 Å². The third-order valence-electron chi connectivity index (χ3n) is 3.38. The number of nitrogens with one attached hydrogen (secondary N) is 1. The van der Waals surface area contributed by atoms with Gasteiger partial charge in [0.25, 0.3) is 0 Å². The van der Waals surface area contributed by atoms with Crippen LogP contribution in [0.1, 0.15) is 24.5 Å². The van der Waals surface area contributed by atoms with Crippen molar-refractivity contribution in [2.75, 3.05) is 26.3 Å². The van der Waals surface area contributed by atoms with Crippen LogP contribution in [0.25, 0.3) is 0 Å². The normalized spacial score (nSPS) is 23.9. The molecule has 0 aromatic heterocycles. The summed E-state index contributed by atoms with van der Waals surface area (Å²) in [5, 5.41) is 3.35. The fourth-order valence-corrected chi connectivity index (χ4v) is 2.62. The van der Waals surface area contributed by atoms with Crippen molar-refractivity contribution in [2.24, 2.45) is 5.92 Å². The lowest BCUT2D eigenvalue weighted by Crippen LogP contribution is -2.33. The summed E-state index contributed by atoms with van der Waals surface area (Å²) in [4.78, 5) is 0. The van der Waals surface area contributed by atoms with Crippen LogP contribution in [0.4, 0.5) is 0 Å². The minimum absolute atomic E-state index is 0.138. The summed E-state index contributed by atoms with van der Waals surface area (Å²) in [5.41, 5.74) is 1.18. The van der Waals surface area contributed by atoms with E-state index in [4.69, 9.17) is 9.47 Å². The van der Waals surface area contributed by atoms with Crippen LogP contribution in [0.5, 0.6) is 5.75 Å². The second-order valence-electron chi connectivity index (χ2n) is 5.04. The highest BCUT2D eigenvalue weighted by Gasteiger charge is 2.22. The number of hydrogen-bond acceptors (Lipinski definition) is 3. The van der Waals surface area contributed by atoms with Gasteiger partial charge in [-0.3, -0.25) is 0 Å². The van der Waals surface area contributed by atoms with Gasteiger partial charge in [-0.05, 0) is 42.5 Å². The summed E-state index contributed by atoms with van der Waals surface area (Å²) in [6, 6.07) is 6.24. The molecule has 1 aliphatic carbocycles. The molecule has 3 rings (SSSR count). The highest BCUT2D eigenvalue weighted by atomic mass is 79.9. The van der Waals surface area contributed by atoms with E-state index in [1.54, 1.807) is 0 Å². The Kier molecular flexibility index (Phi) is 3.87. The van der Waals surface area contributed by atoms with E-state index >= 15 is 0 Å². The van der Waals surface area contributed by atoms with Gasteiger partial charge in [0.1, 0.15) is 5.75 Å². The Morgan fingerprint density at radius 2 is 2.22 bits per heavy atom. The number of hydrogen-bond donors (Lipinski definition) is 1. The van der Waals surface area contributed by atoms with Crippen LogP contribution >= 0.6 is 15.9 Å². The Hall–Kier alpha value is -0.580. The molecule has 3 nitrogen and oxygen atoms in total. The van der Waals surface area contributed by atoms with Gasteiger partial charge in [0.2, 0.25) is 0 Å². The molecule has 2 aliphatic rings. The van der Waals surface area contributed by atoms with Crippen molar-refractivity contribution in [1.82, 2.24) is 5.32 Å². The zero-order chi connectivity index (χ0) is 12.4. The predicted molar refractivity (Wildman–Crippen MR) is 73.9 cm³/mol. The van der Waals surface area contributed by atoms with Crippen LogP contribution in [0.15, 0.2) is 22.7 Å². The van der Waals surface area contributed by atoms with Gasteiger partial charge in [-0.25, -0.2) is 0 Å². The summed E-state index contributed by atoms with van der Waals surface area (Å²) in [7, 11) is 0. The zero-order valence-corrected chi connectivity index (χ0v) is 11.9. The van der Waals surface area contributed by atoms with E-state index in [1.807, 2.05) is 6.07 Å². The number of ether oxygens (including phenoxy) is 2. The lowest BCUT2D eigenvalue weighted by Gasteiger charge is -2.24. The van der Waals surface area contributed by atoms with Crippen molar-refractivity contribution >= 4 is 15.9 Å². The second kappa shape index (κ2) is 5.59. The third-order valence-corrected chi connectivity index (χ3v) is 3.83. The molecule has 1 unspecified atom stereocenters. The fraction of sp³-hybridized carbons (Fsp3) is 0.571. The second-order valence-corrected chi connectivity index (χ2v) is 5.95. The number of benzene rings is 1. The van der Waals surface area contributed by atoms with Crippen LogP contribution in [0.3, 0.4) is 0 Å². The first-order valence-electron chi connectivity index (χ1n) is 6.57. The Morgan fingerprint density at radius 3 is 2.94 bits per heavy atom. The molecule has 1 N–H and O–H groups in total. The molecule has 0 spiro atoms. The third kappa shape index (κ3) is 3.25. The SMILES string of the molecule is Brc1cc(OCC2CC2)cc(C2CNCCO2)c1. The molecule has 1 aliphatic heterocycles. The van der Waals surface area contributed by atoms with Crippen molar-refractivity contribution in [3.8, 4) is 5.75 Å². The van der Waals surface area contributed by atoms with Gasteiger partial charge >= 0.3 is 0 Å². The fourth-order valence-electron chi connectivity index (χ4n) is 2.13. The molecule has 1 saturated heterocycles. The van der Waals surface area contributed by atoms with Gasteiger partial charge in [0, 0.05) is 17.6 Å². The van der Waals surface area contributed by atoms with Gasteiger partial charge in [-0.2, -0.15) is 0 Å². The van der Waals surface area contributed by atoms with Crippen LogP contribution in [-0.2, 0) is 4.74 Å². The summed E-state index contributed by atoms with van der Waals surface area (Å²) >= 11 is 3.55. The maximum atomic E-state index is 5.84. The Labute approximate surface area is 116 Å². The Bertz CT molecular complexity index is 414. The molecule has 4 heteroatoms. The Balaban J connectivity index is 1.71. The van der Waals surface area contributed by atoms with E-state index in [0.29, 0.717) is 0 Å². The molecule has 18 heavy (non-hydrogen) atoms. The van der Waals surface area contributed by atoms with Crippen molar-refractivity contribution in [3.05, 3.63) is 28.2 Å². The van der Waals surface area contributed by atoms with Crippen molar-refractivity contribution in [1.29, 1.82) is 0 Å².